The van der Waals surface area contributed by atoms with Crippen LogP contribution in [0.5, 0.6) is 0 Å². The Morgan fingerprint density at radius 3 is 2.80 bits per heavy atom. The maximum absolute atomic E-state index is 12.9. The molecule has 0 aromatic heterocycles. The minimum atomic E-state index is -0.344. The Morgan fingerprint density at radius 1 is 1.47 bits per heavy atom. The van der Waals surface area contributed by atoms with E-state index in [1.165, 1.54) is 12.1 Å². The third-order valence-electron chi connectivity index (χ3n) is 2.36. The van der Waals surface area contributed by atoms with Crippen LogP contribution in [0.25, 0.3) is 0 Å². The first kappa shape index (κ1) is 12.0. The molecule has 0 amide bonds. The Hall–Kier alpha value is -1.09. The van der Waals surface area contributed by atoms with Gasteiger partial charge < -0.3 is 10.0 Å². The zero-order valence-corrected chi connectivity index (χ0v) is 9.28. The summed E-state index contributed by atoms with van der Waals surface area (Å²) in [6, 6.07) is 6.40. The van der Waals surface area contributed by atoms with Gasteiger partial charge in [0.2, 0.25) is 0 Å². The molecule has 0 aliphatic heterocycles. The van der Waals surface area contributed by atoms with Crippen molar-refractivity contribution in [1.29, 1.82) is 0 Å². The van der Waals surface area contributed by atoms with Crippen LogP contribution in [0.2, 0.25) is 0 Å². The van der Waals surface area contributed by atoms with Gasteiger partial charge in [0.1, 0.15) is 5.82 Å². The Bertz CT molecular complexity index is 303. The lowest BCUT2D eigenvalue weighted by Gasteiger charge is -2.22. The molecule has 84 valence electrons. The molecule has 0 aliphatic carbocycles. The van der Waals surface area contributed by atoms with Crippen LogP contribution >= 0.6 is 0 Å². The molecule has 1 atom stereocenters. The zero-order chi connectivity index (χ0) is 11.3. The van der Waals surface area contributed by atoms with Gasteiger partial charge in [-0.15, -0.1) is 0 Å². The van der Waals surface area contributed by atoms with Gasteiger partial charge in [-0.2, -0.15) is 0 Å². The SMILES string of the molecule is CCCC(O)CN(C)c1cccc(F)c1. The van der Waals surface area contributed by atoms with Crippen molar-refractivity contribution in [3.63, 3.8) is 0 Å². The third kappa shape index (κ3) is 3.88. The highest BCUT2D eigenvalue weighted by Gasteiger charge is 2.08. The fourth-order valence-electron chi connectivity index (χ4n) is 1.56. The van der Waals surface area contributed by atoms with Crippen molar-refractivity contribution in [2.24, 2.45) is 0 Å². The highest BCUT2D eigenvalue weighted by molar-refractivity contribution is 5.45. The number of rotatable bonds is 5. The number of likely N-dealkylation sites (N-methyl/N-ethyl adjacent to an activating group) is 1. The molecule has 0 saturated heterocycles. The monoisotopic (exact) mass is 211 g/mol. The van der Waals surface area contributed by atoms with E-state index in [0.29, 0.717) is 6.54 Å². The predicted molar refractivity (Wildman–Crippen MR) is 60.6 cm³/mol. The van der Waals surface area contributed by atoms with Crippen LogP contribution in [0, 0.1) is 5.82 Å². The Morgan fingerprint density at radius 2 is 2.20 bits per heavy atom. The predicted octanol–water partition coefficient (Wildman–Crippen LogP) is 2.42. The summed E-state index contributed by atoms with van der Waals surface area (Å²) in [6.07, 6.45) is 1.39. The fraction of sp³-hybridized carbons (Fsp3) is 0.500. The van der Waals surface area contributed by atoms with Gasteiger partial charge in [0.05, 0.1) is 6.10 Å². The van der Waals surface area contributed by atoms with Crippen molar-refractivity contribution in [2.45, 2.75) is 25.9 Å². The van der Waals surface area contributed by atoms with Crippen LogP contribution in [0.4, 0.5) is 10.1 Å². The van der Waals surface area contributed by atoms with Crippen molar-refractivity contribution in [2.75, 3.05) is 18.5 Å². The van der Waals surface area contributed by atoms with E-state index in [1.807, 2.05) is 24.9 Å². The molecule has 1 aromatic rings. The molecule has 3 heteroatoms. The molecule has 0 fully saturated rings. The number of benzene rings is 1. The lowest BCUT2D eigenvalue weighted by molar-refractivity contribution is 0.170. The van der Waals surface area contributed by atoms with E-state index in [4.69, 9.17) is 0 Å². The average molecular weight is 211 g/mol. The molecule has 0 bridgehead atoms. The Kier molecular flexibility index (Phi) is 4.56. The van der Waals surface area contributed by atoms with E-state index in [2.05, 4.69) is 0 Å². The van der Waals surface area contributed by atoms with Crippen LogP contribution < -0.4 is 4.90 Å². The maximum atomic E-state index is 12.9. The first-order valence-corrected chi connectivity index (χ1v) is 5.28. The summed E-state index contributed by atoms with van der Waals surface area (Å²) in [7, 11) is 1.85. The van der Waals surface area contributed by atoms with Crippen LogP contribution in [-0.4, -0.2) is 24.8 Å². The summed E-state index contributed by atoms with van der Waals surface area (Å²) >= 11 is 0. The minimum absolute atomic E-state index is 0.246. The Labute approximate surface area is 90.3 Å². The van der Waals surface area contributed by atoms with Gasteiger partial charge >= 0.3 is 0 Å². The molecule has 0 radical (unpaired) electrons. The largest absolute Gasteiger partial charge is 0.391 e. The standard InChI is InChI=1S/C12H18FNO/c1-3-5-12(15)9-14(2)11-7-4-6-10(13)8-11/h4,6-8,12,15H,3,5,9H2,1-2H3. The van der Waals surface area contributed by atoms with Crippen molar-refractivity contribution >= 4 is 5.69 Å². The van der Waals surface area contributed by atoms with Gasteiger partial charge in [-0.1, -0.05) is 19.4 Å². The molecular weight excluding hydrogens is 193 g/mol. The van der Waals surface area contributed by atoms with Gasteiger partial charge in [-0.05, 0) is 24.6 Å². The smallest absolute Gasteiger partial charge is 0.125 e. The van der Waals surface area contributed by atoms with E-state index in [-0.39, 0.29) is 11.9 Å². The fourth-order valence-corrected chi connectivity index (χ4v) is 1.56. The van der Waals surface area contributed by atoms with Crippen LogP contribution in [-0.2, 0) is 0 Å². The third-order valence-corrected chi connectivity index (χ3v) is 2.36. The molecule has 1 unspecified atom stereocenters. The van der Waals surface area contributed by atoms with Crippen LogP contribution in [0.1, 0.15) is 19.8 Å². The van der Waals surface area contributed by atoms with Crippen molar-refractivity contribution < 1.29 is 9.50 Å². The summed E-state index contributed by atoms with van der Waals surface area (Å²) in [4.78, 5) is 1.86. The number of hydrogen-bond donors (Lipinski definition) is 1. The topological polar surface area (TPSA) is 23.5 Å². The molecule has 0 saturated carbocycles. The van der Waals surface area contributed by atoms with Gasteiger partial charge in [-0.3, -0.25) is 0 Å². The summed E-state index contributed by atoms with van der Waals surface area (Å²) in [6.45, 7) is 2.57. The highest BCUT2D eigenvalue weighted by Crippen LogP contribution is 2.14. The lowest BCUT2D eigenvalue weighted by Crippen LogP contribution is -2.28. The minimum Gasteiger partial charge on any atom is -0.391 e. The molecule has 1 aromatic carbocycles. The number of aliphatic hydroxyl groups excluding tert-OH is 1. The molecule has 15 heavy (non-hydrogen) atoms. The quantitative estimate of drug-likeness (QED) is 0.808. The molecule has 1 rings (SSSR count). The second-order valence-electron chi connectivity index (χ2n) is 3.80. The first-order chi connectivity index (χ1) is 7.13. The Balaban J connectivity index is 2.56. The van der Waals surface area contributed by atoms with Gasteiger partial charge in [0.25, 0.3) is 0 Å². The summed E-state index contributed by atoms with van der Waals surface area (Å²) in [5, 5.41) is 9.61. The maximum Gasteiger partial charge on any atom is 0.125 e. The number of halogens is 1. The molecule has 0 aliphatic rings. The van der Waals surface area contributed by atoms with Gasteiger partial charge in [-0.25, -0.2) is 4.39 Å². The second kappa shape index (κ2) is 5.71. The number of hydrogen-bond acceptors (Lipinski definition) is 2. The summed E-state index contributed by atoms with van der Waals surface area (Å²) in [5.74, 6) is -0.246. The van der Waals surface area contributed by atoms with Crippen molar-refractivity contribution in [3.8, 4) is 0 Å². The number of nitrogens with zero attached hydrogens (tertiary/aromatic N) is 1. The van der Waals surface area contributed by atoms with Crippen molar-refractivity contribution in [3.05, 3.63) is 30.1 Å². The summed E-state index contributed by atoms with van der Waals surface area (Å²) < 4.78 is 12.9. The van der Waals surface area contributed by atoms with E-state index in [1.54, 1.807) is 6.07 Å². The van der Waals surface area contributed by atoms with Crippen molar-refractivity contribution in [1.82, 2.24) is 0 Å². The van der Waals surface area contributed by atoms with Crippen LogP contribution in [0.3, 0.4) is 0 Å². The molecule has 0 heterocycles. The first-order valence-electron chi connectivity index (χ1n) is 5.28. The van der Waals surface area contributed by atoms with E-state index in [9.17, 15) is 9.50 Å². The second-order valence-corrected chi connectivity index (χ2v) is 3.80. The number of aliphatic hydroxyl groups is 1. The zero-order valence-electron chi connectivity index (χ0n) is 9.28. The molecule has 1 N–H and O–H groups in total. The normalized spacial score (nSPS) is 12.5. The molecular formula is C12H18FNO. The molecule has 2 nitrogen and oxygen atoms in total. The van der Waals surface area contributed by atoms with E-state index in [0.717, 1.165) is 18.5 Å². The highest BCUT2D eigenvalue weighted by atomic mass is 19.1. The van der Waals surface area contributed by atoms with Gasteiger partial charge in [0, 0.05) is 19.3 Å². The number of anilines is 1. The van der Waals surface area contributed by atoms with Gasteiger partial charge in [0.15, 0.2) is 0 Å². The van der Waals surface area contributed by atoms with E-state index < -0.39 is 0 Å². The van der Waals surface area contributed by atoms with Crippen LogP contribution in [0.15, 0.2) is 24.3 Å². The lowest BCUT2D eigenvalue weighted by atomic mass is 10.2. The molecule has 0 spiro atoms. The summed E-state index contributed by atoms with van der Waals surface area (Å²) in [5.41, 5.74) is 0.796. The average Bonchev–Trinajstić information content (AvgIpc) is 2.18. The van der Waals surface area contributed by atoms with E-state index >= 15 is 0 Å².